The molecule has 0 bridgehead atoms. The van der Waals surface area contributed by atoms with Crippen molar-refractivity contribution in [2.45, 2.75) is 38.6 Å². The maximum absolute atomic E-state index is 11.0. The predicted octanol–water partition coefficient (Wildman–Crippen LogP) is 2.08. The molecule has 1 aromatic carbocycles. The van der Waals surface area contributed by atoms with E-state index >= 15 is 0 Å². The van der Waals surface area contributed by atoms with Crippen LogP contribution in [0.25, 0.3) is 0 Å². The first kappa shape index (κ1) is 15.2. The van der Waals surface area contributed by atoms with Crippen LogP contribution in [-0.2, 0) is 16.3 Å². The molecule has 4 heteroatoms. The molecule has 1 atom stereocenters. The summed E-state index contributed by atoms with van der Waals surface area (Å²) in [6, 6.07) is 8.50. The van der Waals surface area contributed by atoms with Crippen LogP contribution in [0.3, 0.4) is 0 Å². The average Bonchev–Trinajstić information content (AvgIpc) is 2.25. The highest BCUT2D eigenvalue weighted by atomic mass is 32.2. The highest BCUT2D eigenvalue weighted by Crippen LogP contribution is 2.09. The topological polar surface area (TPSA) is 60.2 Å². The minimum absolute atomic E-state index is 0.0901. The zero-order chi connectivity index (χ0) is 13.6. The van der Waals surface area contributed by atoms with Gasteiger partial charge in [-0.15, -0.1) is 0 Å². The van der Waals surface area contributed by atoms with Gasteiger partial charge in [-0.1, -0.05) is 29.8 Å². The third kappa shape index (κ3) is 6.77. The predicted molar refractivity (Wildman–Crippen MR) is 76.4 cm³/mol. The van der Waals surface area contributed by atoms with Gasteiger partial charge in [0.2, 0.25) is 0 Å². The molecular weight excluding hydrogens is 246 g/mol. The number of sulfone groups is 1. The van der Waals surface area contributed by atoms with Gasteiger partial charge in [0, 0.05) is 18.1 Å². The van der Waals surface area contributed by atoms with E-state index in [2.05, 4.69) is 31.2 Å². The SMILES string of the molecule is Cc1cccc(CCC(N)CCCS(C)(=O)=O)c1. The highest BCUT2D eigenvalue weighted by molar-refractivity contribution is 7.90. The van der Waals surface area contributed by atoms with Crippen LogP contribution in [0.2, 0.25) is 0 Å². The minimum Gasteiger partial charge on any atom is -0.328 e. The zero-order valence-electron chi connectivity index (χ0n) is 11.2. The number of benzene rings is 1. The Kier molecular flexibility index (Phi) is 5.82. The molecule has 0 saturated heterocycles. The van der Waals surface area contributed by atoms with Gasteiger partial charge in [-0.05, 0) is 38.2 Å². The monoisotopic (exact) mass is 269 g/mol. The summed E-state index contributed by atoms with van der Waals surface area (Å²) >= 11 is 0. The Morgan fingerprint density at radius 1 is 1.28 bits per heavy atom. The van der Waals surface area contributed by atoms with Gasteiger partial charge >= 0.3 is 0 Å². The van der Waals surface area contributed by atoms with Gasteiger partial charge < -0.3 is 5.73 Å². The molecule has 102 valence electrons. The van der Waals surface area contributed by atoms with Crippen LogP contribution in [0, 0.1) is 6.92 Å². The molecule has 0 aliphatic heterocycles. The van der Waals surface area contributed by atoms with Crippen LogP contribution < -0.4 is 5.73 Å². The van der Waals surface area contributed by atoms with Gasteiger partial charge in [0.1, 0.15) is 9.84 Å². The molecule has 1 rings (SSSR count). The molecule has 18 heavy (non-hydrogen) atoms. The molecule has 0 heterocycles. The van der Waals surface area contributed by atoms with E-state index in [-0.39, 0.29) is 11.8 Å². The first-order valence-electron chi connectivity index (χ1n) is 6.36. The molecule has 0 saturated carbocycles. The summed E-state index contributed by atoms with van der Waals surface area (Å²) < 4.78 is 22.0. The van der Waals surface area contributed by atoms with E-state index in [0.29, 0.717) is 6.42 Å². The second-order valence-corrected chi connectivity index (χ2v) is 7.32. The van der Waals surface area contributed by atoms with Crippen LogP contribution in [-0.4, -0.2) is 26.5 Å². The number of nitrogens with two attached hydrogens (primary N) is 1. The fourth-order valence-electron chi connectivity index (χ4n) is 1.97. The lowest BCUT2D eigenvalue weighted by molar-refractivity contribution is 0.553. The van der Waals surface area contributed by atoms with E-state index in [0.717, 1.165) is 19.3 Å². The van der Waals surface area contributed by atoms with Crippen molar-refractivity contribution >= 4 is 9.84 Å². The Balaban J connectivity index is 2.27. The van der Waals surface area contributed by atoms with Crippen LogP contribution >= 0.6 is 0 Å². The van der Waals surface area contributed by atoms with Crippen LogP contribution in [0.15, 0.2) is 24.3 Å². The molecule has 0 radical (unpaired) electrons. The van der Waals surface area contributed by atoms with Gasteiger partial charge in [0.25, 0.3) is 0 Å². The Morgan fingerprint density at radius 2 is 2.00 bits per heavy atom. The van der Waals surface area contributed by atoms with Crippen molar-refractivity contribution in [2.75, 3.05) is 12.0 Å². The molecule has 1 aromatic rings. The van der Waals surface area contributed by atoms with E-state index in [9.17, 15) is 8.42 Å². The highest BCUT2D eigenvalue weighted by Gasteiger charge is 2.06. The lowest BCUT2D eigenvalue weighted by Gasteiger charge is -2.11. The van der Waals surface area contributed by atoms with Crippen molar-refractivity contribution in [3.05, 3.63) is 35.4 Å². The number of aryl methyl sites for hydroxylation is 2. The first-order valence-corrected chi connectivity index (χ1v) is 8.42. The molecule has 0 spiro atoms. The normalized spacial score (nSPS) is 13.5. The summed E-state index contributed by atoms with van der Waals surface area (Å²) in [7, 11) is -2.85. The summed E-state index contributed by atoms with van der Waals surface area (Å²) in [5.41, 5.74) is 8.56. The van der Waals surface area contributed by atoms with Crippen molar-refractivity contribution in [3.63, 3.8) is 0 Å². The van der Waals surface area contributed by atoms with Crippen LogP contribution in [0.1, 0.15) is 30.4 Å². The second-order valence-electron chi connectivity index (χ2n) is 5.06. The van der Waals surface area contributed by atoms with Crippen molar-refractivity contribution in [1.82, 2.24) is 0 Å². The van der Waals surface area contributed by atoms with Crippen molar-refractivity contribution in [2.24, 2.45) is 5.73 Å². The largest absolute Gasteiger partial charge is 0.328 e. The molecule has 1 unspecified atom stereocenters. The van der Waals surface area contributed by atoms with E-state index in [1.807, 2.05) is 0 Å². The molecular formula is C14H23NO2S. The molecule has 3 nitrogen and oxygen atoms in total. The third-order valence-corrected chi connectivity index (χ3v) is 4.01. The minimum atomic E-state index is -2.85. The smallest absolute Gasteiger partial charge is 0.147 e. The zero-order valence-corrected chi connectivity index (χ0v) is 12.0. The van der Waals surface area contributed by atoms with Crippen molar-refractivity contribution < 1.29 is 8.42 Å². The number of rotatable bonds is 7. The summed E-state index contributed by atoms with van der Waals surface area (Å²) in [6.45, 7) is 2.08. The molecule has 0 aliphatic carbocycles. The second kappa shape index (κ2) is 6.90. The lowest BCUT2D eigenvalue weighted by Crippen LogP contribution is -2.21. The van der Waals surface area contributed by atoms with Crippen LogP contribution in [0.5, 0.6) is 0 Å². The molecule has 0 aliphatic rings. The summed E-state index contributed by atoms with van der Waals surface area (Å²) in [6.07, 6.45) is 4.58. The Bertz CT molecular complexity index is 468. The lowest BCUT2D eigenvalue weighted by atomic mass is 10.0. The van der Waals surface area contributed by atoms with Gasteiger partial charge in [0.15, 0.2) is 0 Å². The first-order chi connectivity index (χ1) is 8.37. The van der Waals surface area contributed by atoms with Crippen LogP contribution in [0.4, 0.5) is 0 Å². The summed E-state index contributed by atoms with van der Waals surface area (Å²) in [4.78, 5) is 0. The average molecular weight is 269 g/mol. The van der Waals surface area contributed by atoms with E-state index in [1.54, 1.807) is 0 Å². The Morgan fingerprint density at radius 3 is 2.61 bits per heavy atom. The number of hydrogen-bond donors (Lipinski definition) is 1. The molecule has 2 N–H and O–H groups in total. The number of hydrogen-bond acceptors (Lipinski definition) is 3. The fourth-order valence-corrected chi connectivity index (χ4v) is 2.66. The standard InChI is InChI=1S/C14H23NO2S/c1-12-5-3-6-13(11-12)8-9-14(15)7-4-10-18(2,16)17/h3,5-6,11,14H,4,7-10,15H2,1-2H3. The summed E-state index contributed by atoms with van der Waals surface area (Å²) in [5, 5.41) is 0. The maximum atomic E-state index is 11.0. The molecule has 0 amide bonds. The Hall–Kier alpha value is -0.870. The van der Waals surface area contributed by atoms with Gasteiger partial charge in [0.05, 0.1) is 0 Å². The Labute approximate surface area is 110 Å². The van der Waals surface area contributed by atoms with E-state index < -0.39 is 9.84 Å². The molecule has 0 aromatic heterocycles. The fraction of sp³-hybridized carbons (Fsp3) is 0.571. The maximum Gasteiger partial charge on any atom is 0.147 e. The summed E-state index contributed by atoms with van der Waals surface area (Å²) in [5.74, 6) is 0.241. The van der Waals surface area contributed by atoms with Gasteiger partial charge in [-0.2, -0.15) is 0 Å². The van der Waals surface area contributed by atoms with Crippen molar-refractivity contribution in [1.29, 1.82) is 0 Å². The van der Waals surface area contributed by atoms with Gasteiger partial charge in [-0.3, -0.25) is 0 Å². The van der Waals surface area contributed by atoms with E-state index in [1.165, 1.54) is 17.4 Å². The van der Waals surface area contributed by atoms with Gasteiger partial charge in [-0.25, -0.2) is 8.42 Å². The third-order valence-electron chi connectivity index (χ3n) is 2.98. The quantitative estimate of drug-likeness (QED) is 0.824. The van der Waals surface area contributed by atoms with Crippen molar-refractivity contribution in [3.8, 4) is 0 Å². The van der Waals surface area contributed by atoms with E-state index in [4.69, 9.17) is 5.73 Å². The molecule has 0 fully saturated rings.